The normalized spacial score (nSPS) is 22.9. The highest BCUT2D eigenvalue weighted by molar-refractivity contribution is 5.95. The van der Waals surface area contributed by atoms with Crippen LogP contribution in [0.25, 0.3) is 6.08 Å². The van der Waals surface area contributed by atoms with E-state index in [1.54, 1.807) is 0 Å². The largest absolute Gasteiger partial charge is 0.385 e. The molecule has 5 nitrogen and oxygen atoms in total. The molecule has 3 aliphatic rings. The summed E-state index contributed by atoms with van der Waals surface area (Å²) >= 11 is 0. The van der Waals surface area contributed by atoms with Crippen molar-refractivity contribution in [2.24, 2.45) is 5.73 Å². The van der Waals surface area contributed by atoms with Gasteiger partial charge in [-0.25, -0.2) is 0 Å². The number of carbonyl (C=O) groups excluding carboxylic acids is 1. The van der Waals surface area contributed by atoms with Crippen LogP contribution < -0.4 is 21.3 Å². The van der Waals surface area contributed by atoms with Crippen molar-refractivity contribution in [3.63, 3.8) is 0 Å². The maximum atomic E-state index is 11.4. The van der Waals surface area contributed by atoms with E-state index in [0.29, 0.717) is 17.6 Å². The van der Waals surface area contributed by atoms with Crippen molar-refractivity contribution in [3.05, 3.63) is 64.9 Å². The van der Waals surface area contributed by atoms with Gasteiger partial charge in [-0.15, -0.1) is 0 Å². The number of nitrogens with two attached hydrogens (primary N) is 1. The molecule has 0 bridgehead atoms. The molecule has 1 heterocycles. The van der Waals surface area contributed by atoms with Crippen LogP contribution in [0.2, 0.25) is 0 Å². The van der Waals surface area contributed by atoms with Gasteiger partial charge in [0, 0.05) is 29.8 Å². The Balaban J connectivity index is 1.19. The summed E-state index contributed by atoms with van der Waals surface area (Å²) in [5.41, 5.74) is 12.3. The summed E-state index contributed by atoms with van der Waals surface area (Å²) in [4.78, 5) is 13.8. The second-order valence-corrected chi connectivity index (χ2v) is 8.10. The van der Waals surface area contributed by atoms with Crippen molar-refractivity contribution in [1.82, 2.24) is 5.32 Å². The highest BCUT2D eigenvalue weighted by atomic mass is 16.1. The summed E-state index contributed by atoms with van der Waals surface area (Å²) in [6.07, 6.45) is 8.06. The van der Waals surface area contributed by atoms with Crippen LogP contribution in [-0.4, -0.2) is 24.7 Å². The number of anilines is 2. The number of fused-ring (bicyclic) bond motifs is 2. The van der Waals surface area contributed by atoms with Crippen LogP contribution in [-0.2, 0) is 6.42 Å². The predicted octanol–water partition coefficient (Wildman–Crippen LogP) is 3.47. The smallest absolute Gasteiger partial charge is 0.248 e. The molecule has 1 aliphatic heterocycles. The lowest BCUT2D eigenvalue weighted by atomic mass is 9.90. The van der Waals surface area contributed by atoms with Crippen molar-refractivity contribution in [3.8, 4) is 0 Å². The molecular weight excluding hydrogens is 348 g/mol. The van der Waals surface area contributed by atoms with E-state index >= 15 is 0 Å². The lowest BCUT2D eigenvalue weighted by molar-refractivity contribution is 0.100. The summed E-state index contributed by atoms with van der Waals surface area (Å²) in [5, 5.41) is 7.21. The van der Waals surface area contributed by atoms with E-state index in [-0.39, 0.29) is 5.91 Å². The Labute approximate surface area is 165 Å². The molecule has 1 fully saturated rings. The fourth-order valence-electron chi connectivity index (χ4n) is 4.83. The number of carbonyl (C=O) groups is 1. The summed E-state index contributed by atoms with van der Waals surface area (Å²) in [7, 11) is 0. The summed E-state index contributed by atoms with van der Waals surface area (Å²) in [6, 6.07) is 15.5. The van der Waals surface area contributed by atoms with Crippen molar-refractivity contribution in [1.29, 1.82) is 0 Å². The molecule has 5 rings (SSSR count). The molecule has 1 saturated carbocycles. The molecule has 2 aliphatic carbocycles. The van der Waals surface area contributed by atoms with Crippen LogP contribution in [0.1, 0.15) is 47.2 Å². The zero-order valence-electron chi connectivity index (χ0n) is 15.9. The minimum absolute atomic E-state index is 0.377. The van der Waals surface area contributed by atoms with Gasteiger partial charge in [0.25, 0.3) is 0 Å². The Kier molecular flexibility index (Phi) is 4.23. The number of allylic oxidation sites excluding steroid dienone is 1. The van der Waals surface area contributed by atoms with Crippen LogP contribution in [0.4, 0.5) is 11.4 Å². The number of primary amides is 1. The first-order valence-electron chi connectivity index (χ1n) is 10.2. The van der Waals surface area contributed by atoms with E-state index in [1.165, 1.54) is 48.2 Å². The number of nitrogens with zero attached hydrogens (tertiary/aromatic N) is 1. The molecule has 0 radical (unpaired) electrons. The van der Waals surface area contributed by atoms with Gasteiger partial charge in [-0.1, -0.05) is 24.3 Å². The Morgan fingerprint density at radius 3 is 2.71 bits per heavy atom. The summed E-state index contributed by atoms with van der Waals surface area (Å²) < 4.78 is 0. The molecule has 0 atom stereocenters. The SMILES string of the molecule is NC(=O)c1ccc2c(c1)NCN2C1CCC(NC2=Cc3ccccc3C2)CC1. The van der Waals surface area contributed by atoms with Crippen molar-refractivity contribution in [2.75, 3.05) is 16.9 Å². The average molecular weight is 374 g/mol. The molecule has 2 aromatic carbocycles. The highest BCUT2D eigenvalue weighted by Gasteiger charge is 2.30. The minimum Gasteiger partial charge on any atom is -0.385 e. The fourth-order valence-corrected chi connectivity index (χ4v) is 4.83. The standard InChI is InChI=1S/C23H26N4O/c24-23(28)17-5-10-22-21(13-17)25-14-27(22)20-8-6-18(7-9-20)26-19-11-15-3-1-2-4-16(15)12-19/h1-5,10-11,13,18,20,25-26H,6-9,12,14H2,(H2,24,28). The zero-order chi connectivity index (χ0) is 19.1. The number of benzene rings is 2. The molecule has 2 aromatic rings. The average Bonchev–Trinajstić information content (AvgIpc) is 3.31. The van der Waals surface area contributed by atoms with Gasteiger partial charge in [0.15, 0.2) is 0 Å². The van der Waals surface area contributed by atoms with Crippen LogP contribution in [0.3, 0.4) is 0 Å². The maximum Gasteiger partial charge on any atom is 0.248 e. The molecular formula is C23H26N4O. The first-order valence-corrected chi connectivity index (χ1v) is 10.2. The van der Waals surface area contributed by atoms with Crippen LogP contribution >= 0.6 is 0 Å². The van der Waals surface area contributed by atoms with Crippen molar-refractivity contribution >= 4 is 23.4 Å². The Bertz CT molecular complexity index is 943. The lowest BCUT2D eigenvalue weighted by Crippen LogP contribution is -2.42. The Morgan fingerprint density at radius 1 is 1.11 bits per heavy atom. The first-order chi connectivity index (χ1) is 13.7. The van der Waals surface area contributed by atoms with Crippen LogP contribution in [0.15, 0.2) is 48.2 Å². The summed E-state index contributed by atoms with van der Waals surface area (Å²) in [5.74, 6) is -0.377. The molecule has 28 heavy (non-hydrogen) atoms. The van der Waals surface area contributed by atoms with Crippen molar-refractivity contribution in [2.45, 2.75) is 44.2 Å². The first kappa shape index (κ1) is 17.2. The van der Waals surface area contributed by atoms with Gasteiger partial charge in [-0.2, -0.15) is 0 Å². The van der Waals surface area contributed by atoms with E-state index in [4.69, 9.17) is 5.73 Å². The zero-order valence-corrected chi connectivity index (χ0v) is 15.9. The monoisotopic (exact) mass is 374 g/mol. The van der Waals surface area contributed by atoms with Gasteiger partial charge in [0.2, 0.25) is 5.91 Å². The fraction of sp³-hybridized carbons (Fsp3) is 0.348. The van der Waals surface area contributed by atoms with E-state index in [9.17, 15) is 4.79 Å². The minimum atomic E-state index is -0.377. The number of hydrogen-bond acceptors (Lipinski definition) is 4. The third-order valence-corrected chi connectivity index (χ3v) is 6.32. The van der Waals surface area contributed by atoms with E-state index in [1.807, 2.05) is 18.2 Å². The molecule has 144 valence electrons. The van der Waals surface area contributed by atoms with Crippen molar-refractivity contribution < 1.29 is 4.79 Å². The van der Waals surface area contributed by atoms with Gasteiger partial charge in [-0.05, 0) is 61.1 Å². The molecule has 1 amide bonds. The van der Waals surface area contributed by atoms with Gasteiger partial charge in [0.1, 0.15) is 0 Å². The number of nitrogens with one attached hydrogen (secondary N) is 2. The molecule has 5 heteroatoms. The van der Waals surface area contributed by atoms with Gasteiger partial charge >= 0.3 is 0 Å². The second-order valence-electron chi connectivity index (χ2n) is 8.10. The number of rotatable bonds is 4. The van der Waals surface area contributed by atoms with E-state index in [2.05, 4.69) is 45.9 Å². The quantitative estimate of drug-likeness (QED) is 0.766. The van der Waals surface area contributed by atoms with E-state index < -0.39 is 0 Å². The summed E-state index contributed by atoms with van der Waals surface area (Å²) in [6.45, 7) is 0.806. The number of amides is 1. The highest BCUT2D eigenvalue weighted by Crippen LogP contribution is 2.37. The number of hydrogen-bond donors (Lipinski definition) is 3. The lowest BCUT2D eigenvalue weighted by Gasteiger charge is -2.36. The molecule has 0 spiro atoms. The second kappa shape index (κ2) is 6.89. The molecule has 0 saturated heterocycles. The molecule has 0 unspecified atom stereocenters. The molecule has 0 aromatic heterocycles. The predicted molar refractivity (Wildman–Crippen MR) is 113 cm³/mol. The van der Waals surface area contributed by atoms with Gasteiger partial charge < -0.3 is 21.3 Å². The van der Waals surface area contributed by atoms with Gasteiger partial charge in [-0.3, -0.25) is 4.79 Å². The van der Waals surface area contributed by atoms with Crippen LogP contribution in [0, 0.1) is 0 Å². The topological polar surface area (TPSA) is 70.4 Å². The Hall–Kier alpha value is -2.95. The van der Waals surface area contributed by atoms with Crippen LogP contribution in [0.5, 0.6) is 0 Å². The third-order valence-electron chi connectivity index (χ3n) is 6.32. The Morgan fingerprint density at radius 2 is 1.93 bits per heavy atom. The third kappa shape index (κ3) is 3.11. The molecule has 4 N–H and O–H groups in total. The van der Waals surface area contributed by atoms with Gasteiger partial charge in [0.05, 0.1) is 18.0 Å². The maximum absolute atomic E-state index is 11.4. The van der Waals surface area contributed by atoms with E-state index in [0.717, 1.165) is 18.8 Å².